The number of ether oxygens (including phenoxy) is 1. The summed E-state index contributed by atoms with van der Waals surface area (Å²) in [6, 6.07) is 14.1. The van der Waals surface area contributed by atoms with Crippen molar-refractivity contribution in [3.05, 3.63) is 78.1 Å². The Morgan fingerprint density at radius 3 is 2.58 bits per heavy atom. The highest BCUT2D eigenvalue weighted by Gasteiger charge is 2.27. The van der Waals surface area contributed by atoms with Crippen LogP contribution in [0.5, 0.6) is 5.75 Å². The zero-order valence-electron chi connectivity index (χ0n) is 18.5. The van der Waals surface area contributed by atoms with Crippen LogP contribution in [-0.2, 0) is 16.1 Å². The minimum atomic E-state index is -0.368. The van der Waals surface area contributed by atoms with E-state index in [1.54, 1.807) is 34.0 Å². The monoisotopic (exact) mass is 450 g/mol. The van der Waals surface area contributed by atoms with Crippen LogP contribution in [0.15, 0.2) is 60.9 Å². The molecule has 0 spiro atoms. The molecule has 1 aromatic heterocycles. The van der Waals surface area contributed by atoms with E-state index in [-0.39, 0.29) is 36.7 Å². The van der Waals surface area contributed by atoms with Crippen LogP contribution in [0.2, 0.25) is 0 Å². The van der Waals surface area contributed by atoms with Crippen molar-refractivity contribution in [2.24, 2.45) is 5.92 Å². The van der Waals surface area contributed by atoms with Crippen molar-refractivity contribution in [3.8, 4) is 11.4 Å². The molecule has 1 aliphatic rings. The summed E-state index contributed by atoms with van der Waals surface area (Å²) in [5, 5.41) is 2.90. The molecule has 0 radical (unpaired) electrons. The number of hydrogen-bond donors (Lipinski definition) is 1. The molecule has 0 aliphatic carbocycles. The average Bonchev–Trinajstić information content (AvgIpc) is 3.27. The third-order valence-electron chi connectivity index (χ3n) is 5.89. The maximum atomic E-state index is 14.6. The van der Waals surface area contributed by atoms with E-state index in [2.05, 4.69) is 10.3 Å². The summed E-state index contributed by atoms with van der Waals surface area (Å²) in [6.07, 6.45) is 4.52. The average molecular weight is 451 g/mol. The highest BCUT2D eigenvalue weighted by atomic mass is 19.1. The molecule has 3 aromatic rings. The van der Waals surface area contributed by atoms with Gasteiger partial charge in [-0.1, -0.05) is 24.3 Å². The molecule has 8 heteroatoms. The number of carbonyl (C=O) groups excluding carboxylic acids is 2. The van der Waals surface area contributed by atoms with Crippen LogP contribution in [0.3, 0.4) is 0 Å². The molecule has 0 saturated carbocycles. The molecular formula is C25H27FN4O3. The van der Waals surface area contributed by atoms with Crippen LogP contribution >= 0.6 is 0 Å². The molecule has 1 N–H and O–H groups in total. The smallest absolute Gasteiger partial charge is 0.260 e. The van der Waals surface area contributed by atoms with Gasteiger partial charge >= 0.3 is 0 Å². The Labute approximate surface area is 192 Å². The van der Waals surface area contributed by atoms with Gasteiger partial charge in [-0.25, -0.2) is 9.37 Å². The zero-order chi connectivity index (χ0) is 23.2. The molecule has 0 bridgehead atoms. The first-order valence-corrected chi connectivity index (χ1v) is 11.0. The minimum absolute atomic E-state index is 0.0129. The maximum Gasteiger partial charge on any atom is 0.260 e. The van der Waals surface area contributed by atoms with Crippen LogP contribution in [-0.4, -0.2) is 46.0 Å². The molecule has 7 nitrogen and oxygen atoms in total. The first-order chi connectivity index (χ1) is 16.0. The summed E-state index contributed by atoms with van der Waals surface area (Å²) in [7, 11) is 0. The van der Waals surface area contributed by atoms with Crippen LogP contribution in [0.25, 0.3) is 5.69 Å². The summed E-state index contributed by atoms with van der Waals surface area (Å²) in [4.78, 5) is 30.8. The Kier molecular flexibility index (Phi) is 7.02. The van der Waals surface area contributed by atoms with Gasteiger partial charge in [0, 0.05) is 37.9 Å². The van der Waals surface area contributed by atoms with Gasteiger partial charge in [-0.2, -0.15) is 0 Å². The van der Waals surface area contributed by atoms with Gasteiger partial charge in [0.15, 0.2) is 6.61 Å². The number of nitrogens with one attached hydrogen (secondary N) is 1. The number of hydrogen-bond acceptors (Lipinski definition) is 4. The second-order valence-electron chi connectivity index (χ2n) is 8.10. The van der Waals surface area contributed by atoms with Crippen molar-refractivity contribution in [3.63, 3.8) is 0 Å². The Balaban J connectivity index is 1.23. The highest BCUT2D eigenvalue weighted by molar-refractivity contribution is 5.80. The van der Waals surface area contributed by atoms with Gasteiger partial charge in [0.25, 0.3) is 5.91 Å². The van der Waals surface area contributed by atoms with Gasteiger partial charge in [0.1, 0.15) is 17.4 Å². The van der Waals surface area contributed by atoms with Gasteiger partial charge in [-0.15, -0.1) is 0 Å². The highest BCUT2D eigenvalue weighted by Crippen LogP contribution is 2.20. The number of imidazole rings is 1. The third kappa shape index (κ3) is 5.58. The number of aryl methyl sites for hydroxylation is 1. The van der Waals surface area contributed by atoms with Crippen molar-refractivity contribution < 1.29 is 18.7 Å². The molecule has 1 fully saturated rings. The zero-order valence-corrected chi connectivity index (χ0v) is 18.5. The Hall–Kier alpha value is -3.68. The van der Waals surface area contributed by atoms with Crippen molar-refractivity contribution in [1.82, 2.24) is 19.8 Å². The maximum absolute atomic E-state index is 14.6. The fourth-order valence-electron chi connectivity index (χ4n) is 3.97. The number of benzene rings is 2. The number of halogens is 1. The van der Waals surface area contributed by atoms with E-state index < -0.39 is 0 Å². The summed E-state index contributed by atoms with van der Waals surface area (Å²) < 4.78 is 21.8. The molecule has 2 aromatic carbocycles. The van der Waals surface area contributed by atoms with E-state index in [4.69, 9.17) is 4.74 Å². The van der Waals surface area contributed by atoms with Gasteiger partial charge < -0.3 is 19.5 Å². The molecular weight excluding hydrogens is 423 g/mol. The number of aromatic nitrogens is 2. The number of amides is 2. The van der Waals surface area contributed by atoms with Gasteiger partial charge in [0.05, 0.1) is 5.69 Å². The van der Waals surface area contributed by atoms with Gasteiger partial charge in [-0.05, 0) is 49.6 Å². The fourth-order valence-corrected chi connectivity index (χ4v) is 3.97. The number of para-hydroxylation sites is 1. The van der Waals surface area contributed by atoms with Crippen LogP contribution in [0.1, 0.15) is 24.2 Å². The Bertz CT molecular complexity index is 1110. The van der Waals surface area contributed by atoms with Crippen molar-refractivity contribution >= 4 is 11.8 Å². The lowest BCUT2D eigenvalue weighted by atomic mass is 9.95. The second-order valence-corrected chi connectivity index (χ2v) is 8.10. The largest absolute Gasteiger partial charge is 0.484 e. The van der Waals surface area contributed by atoms with Gasteiger partial charge in [0.2, 0.25) is 5.91 Å². The number of piperidine rings is 1. The summed E-state index contributed by atoms with van der Waals surface area (Å²) in [5.41, 5.74) is 1.11. The van der Waals surface area contributed by atoms with Crippen LogP contribution in [0.4, 0.5) is 4.39 Å². The third-order valence-corrected chi connectivity index (χ3v) is 5.89. The fraction of sp³-hybridized carbons (Fsp3) is 0.320. The minimum Gasteiger partial charge on any atom is -0.484 e. The molecule has 0 unspecified atom stereocenters. The number of carbonyl (C=O) groups is 2. The summed E-state index contributed by atoms with van der Waals surface area (Å²) in [5.74, 6) is 0.671. The molecule has 2 heterocycles. The number of likely N-dealkylation sites (tertiary alicyclic amines) is 1. The summed E-state index contributed by atoms with van der Waals surface area (Å²) in [6.45, 7) is 3.08. The molecule has 1 saturated heterocycles. The lowest BCUT2D eigenvalue weighted by molar-refractivity contribution is -0.137. The van der Waals surface area contributed by atoms with Crippen molar-refractivity contribution in [2.45, 2.75) is 26.3 Å². The lowest BCUT2D eigenvalue weighted by Gasteiger charge is -2.31. The Morgan fingerprint density at radius 2 is 1.91 bits per heavy atom. The van der Waals surface area contributed by atoms with Crippen LogP contribution < -0.4 is 10.1 Å². The van der Waals surface area contributed by atoms with E-state index in [9.17, 15) is 14.0 Å². The van der Waals surface area contributed by atoms with E-state index in [1.165, 1.54) is 6.07 Å². The van der Waals surface area contributed by atoms with E-state index in [0.717, 1.165) is 0 Å². The number of nitrogens with zero attached hydrogens (tertiary/aromatic N) is 3. The topological polar surface area (TPSA) is 76.5 Å². The van der Waals surface area contributed by atoms with E-state index in [1.807, 2.05) is 37.3 Å². The predicted octanol–water partition coefficient (Wildman–Crippen LogP) is 3.25. The molecule has 1 aliphatic heterocycles. The van der Waals surface area contributed by atoms with Crippen LogP contribution in [0, 0.1) is 18.7 Å². The standard InChI is InChI=1S/C25H27FN4O3/c1-18-27-11-14-30(18)23-8-7-19(15-22(23)26)16-28-25(32)20-9-12-29(13-10-20)24(31)17-33-21-5-3-2-4-6-21/h2-8,11,14-15,20H,9-10,12-13,16-17H2,1H3,(H,28,32). The molecule has 4 rings (SSSR count). The van der Waals surface area contributed by atoms with Gasteiger partial charge in [-0.3, -0.25) is 9.59 Å². The molecule has 172 valence electrons. The second kappa shape index (κ2) is 10.3. The Morgan fingerprint density at radius 1 is 1.15 bits per heavy atom. The molecule has 33 heavy (non-hydrogen) atoms. The quantitative estimate of drug-likeness (QED) is 0.600. The first-order valence-electron chi connectivity index (χ1n) is 11.0. The van der Waals surface area contributed by atoms with E-state index >= 15 is 0 Å². The van der Waals surface area contributed by atoms with E-state index in [0.29, 0.717) is 48.8 Å². The van der Waals surface area contributed by atoms with Crippen molar-refractivity contribution in [2.75, 3.05) is 19.7 Å². The van der Waals surface area contributed by atoms with Crippen molar-refractivity contribution in [1.29, 1.82) is 0 Å². The summed E-state index contributed by atoms with van der Waals surface area (Å²) >= 11 is 0. The SMILES string of the molecule is Cc1nccn1-c1ccc(CNC(=O)C2CCN(C(=O)COc3ccccc3)CC2)cc1F. The molecule has 0 atom stereocenters. The predicted molar refractivity (Wildman–Crippen MR) is 121 cm³/mol. The lowest BCUT2D eigenvalue weighted by Crippen LogP contribution is -2.44. The normalized spacial score (nSPS) is 14.2. The first kappa shape index (κ1) is 22.5. The number of rotatable bonds is 7. The molecule has 2 amide bonds.